The van der Waals surface area contributed by atoms with Crippen LogP contribution >= 0.6 is 11.3 Å². The highest BCUT2D eigenvalue weighted by Crippen LogP contribution is 2.38. The van der Waals surface area contributed by atoms with Crippen LogP contribution in [-0.2, 0) is 17.6 Å². The van der Waals surface area contributed by atoms with E-state index < -0.39 is 11.9 Å². The molecule has 0 spiro atoms. The summed E-state index contributed by atoms with van der Waals surface area (Å²) in [5.41, 5.74) is 1.57. The number of hydrogen-bond acceptors (Lipinski definition) is 5. The van der Waals surface area contributed by atoms with Crippen LogP contribution in [0.3, 0.4) is 0 Å². The second-order valence-corrected chi connectivity index (χ2v) is 6.90. The van der Waals surface area contributed by atoms with Gasteiger partial charge >= 0.3 is 5.97 Å². The van der Waals surface area contributed by atoms with Gasteiger partial charge in [0.2, 0.25) is 5.91 Å². The maximum Gasteiger partial charge on any atom is 0.339 e. The van der Waals surface area contributed by atoms with Gasteiger partial charge in [0, 0.05) is 11.0 Å². The molecule has 0 saturated carbocycles. The third-order valence-electron chi connectivity index (χ3n) is 4.05. The zero-order valence-electron chi connectivity index (χ0n) is 13.3. The molecule has 4 N–H and O–H groups in total. The number of rotatable bonds is 4. The number of benzene rings is 1. The average molecular weight is 359 g/mol. The molecule has 1 aliphatic carbocycles. The smallest absolute Gasteiger partial charge is 0.339 e. The van der Waals surface area contributed by atoms with Crippen molar-refractivity contribution < 1.29 is 24.9 Å². The third-order valence-corrected chi connectivity index (χ3v) is 5.26. The van der Waals surface area contributed by atoms with Crippen LogP contribution < -0.4 is 5.32 Å². The summed E-state index contributed by atoms with van der Waals surface area (Å²) in [5, 5.41) is 31.2. The molecule has 130 valence electrons. The van der Waals surface area contributed by atoms with Gasteiger partial charge in [-0.25, -0.2) is 4.79 Å². The lowest BCUT2D eigenvalue weighted by Crippen LogP contribution is -2.11. The van der Waals surface area contributed by atoms with Crippen molar-refractivity contribution in [3.05, 3.63) is 45.8 Å². The maximum atomic E-state index is 12.1. The largest absolute Gasteiger partial charge is 0.504 e. The molecule has 0 aliphatic heterocycles. The molecule has 1 heterocycles. The van der Waals surface area contributed by atoms with Gasteiger partial charge in [-0.2, -0.15) is 0 Å². The highest BCUT2D eigenvalue weighted by Gasteiger charge is 2.25. The van der Waals surface area contributed by atoms with Gasteiger partial charge in [0.05, 0.1) is 5.56 Å². The van der Waals surface area contributed by atoms with E-state index in [9.17, 15) is 24.9 Å². The fourth-order valence-corrected chi connectivity index (χ4v) is 4.13. The lowest BCUT2D eigenvalue weighted by atomic mass is 9.95. The van der Waals surface area contributed by atoms with Crippen molar-refractivity contribution >= 4 is 34.3 Å². The summed E-state index contributed by atoms with van der Waals surface area (Å²) in [6, 6.07) is 4.19. The van der Waals surface area contributed by atoms with Crippen molar-refractivity contribution in [3.63, 3.8) is 0 Å². The number of aromatic carboxylic acids is 1. The lowest BCUT2D eigenvalue weighted by molar-refractivity contribution is -0.111. The van der Waals surface area contributed by atoms with E-state index in [1.165, 1.54) is 35.6 Å². The predicted molar refractivity (Wildman–Crippen MR) is 95.4 cm³/mol. The van der Waals surface area contributed by atoms with E-state index in [2.05, 4.69) is 5.32 Å². The zero-order valence-corrected chi connectivity index (χ0v) is 14.1. The summed E-state index contributed by atoms with van der Waals surface area (Å²) < 4.78 is 0. The van der Waals surface area contributed by atoms with Crippen molar-refractivity contribution in [2.45, 2.75) is 25.7 Å². The first kappa shape index (κ1) is 17.0. The van der Waals surface area contributed by atoms with E-state index in [0.717, 1.165) is 36.1 Å². The number of carbonyl (C=O) groups excluding carboxylic acids is 1. The molecule has 1 aromatic carbocycles. The molecule has 1 amide bonds. The van der Waals surface area contributed by atoms with Crippen LogP contribution in [0.15, 0.2) is 24.3 Å². The highest BCUT2D eigenvalue weighted by atomic mass is 32.1. The quantitative estimate of drug-likeness (QED) is 0.494. The molecular formula is C18H17NO5S. The Labute approximate surface area is 148 Å². The number of anilines is 1. The van der Waals surface area contributed by atoms with Crippen LogP contribution in [-0.4, -0.2) is 27.2 Å². The number of phenolic OH excluding ortho intramolecular Hbond substituents is 2. The first-order valence-electron chi connectivity index (χ1n) is 7.84. The van der Waals surface area contributed by atoms with Crippen LogP contribution in [0.4, 0.5) is 5.00 Å². The summed E-state index contributed by atoms with van der Waals surface area (Å²) in [6.45, 7) is 0. The Balaban J connectivity index is 1.79. The topological polar surface area (TPSA) is 107 Å². The van der Waals surface area contributed by atoms with Crippen molar-refractivity contribution in [3.8, 4) is 11.5 Å². The molecule has 1 aromatic heterocycles. The number of hydrogen-bond donors (Lipinski definition) is 4. The van der Waals surface area contributed by atoms with Gasteiger partial charge < -0.3 is 20.6 Å². The van der Waals surface area contributed by atoms with Crippen molar-refractivity contribution in [2.75, 3.05) is 5.32 Å². The zero-order chi connectivity index (χ0) is 18.0. The molecule has 0 fully saturated rings. The summed E-state index contributed by atoms with van der Waals surface area (Å²) in [6.07, 6.45) is 6.30. The highest BCUT2D eigenvalue weighted by molar-refractivity contribution is 7.17. The summed E-state index contributed by atoms with van der Waals surface area (Å²) >= 11 is 1.32. The fraction of sp³-hybridized carbons (Fsp3) is 0.222. The van der Waals surface area contributed by atoms with Crippen LogP contribution in [0.25, 0.3) is 6.08 Å². The summed E-state index contributed by atoms with van der Waals surface area (Å²) in [7, 11) is 0. The SMILES string of the molecule is O=C(C=Cc1ccc(O)c(O)c1)Nc1sc2c(c1C(=O)O)CCCC2. The predicted octanol–water partition coefficient (Wildman–Crippen LogP) is 3.39. The summed E-state index contributed by atoms with van der Waals surface area (Å²) in [4.78, 5) is 24.7. The molecule has 0 saturated heterocycles. The van der Waals surface area contributed by atoms with Gasteiger partial charge in [-0.1, -0.05) is 6.07 Å². The Morgan fingerprint density at radius 3 is 2.60 bits per heavy atom. The minimum Gasteiger partial charge on any atom is -0.504 e. The van der Waals surface area contributed by atoms with Crippen LogP contribution in [0, 0.1) is 0 Å². The molecule has 0 atom stereocenters. The van der Waals surface area contributed by atoms with Gasteiger partial charge in [0.15, 0.2) is 11.5 Å². The number of phenols is 2. The first-order chi connectivity index (χ1) is 12.0. The van der Waals surface area contributed by atoms with E-state index in [1.807, 2.05) is 0 Å². The molecule has 2 aromatic rings. The third kappa shape index (κ3) is 3.66. The normalized spacial score (nSPS) is 13.6. The monoisotopic (exact) mass is 359 g/mol. The van der Waals surface area contributed by atoms with Crippen LogP contribution in [0.2, 0.25) is 0 Å². The Bertz CT molecular complexity index is 869. The number of fused-ring (bicyclic) bond motifs is 1. The van der Waals surface area contributed by atoms with Gasteiger partial charge in [-0.3, -0.25) is 4.79 Å². The number of amides is 1. The van der Waals surface area contributed by atoms with Crippen molar-refractivity contribution in [1.29, 1.82) is 0 Å². The molecule has 0 bridgehead atoms. The number of thiophene rings is 1. The van der Waals surface area contributed by atoms with Crippen molar-refractivity contribution in [1.82, 2.24) is 0 Å². The lowest BCUT2D eigenvalue weighted by Gasteiger charge is -2.10. The standard InChI is InChI=1S/C18H17NO5S/c20-12-7-5-10(9-13(12)21)6-8-15(22)19-17-16(18(23)24)11-3-1-2-4-14(11)25-17/h5-9,20-21H,1-4H2,(H,19,22)(H,23,24). The van der Waals surface area contributed by atoms with E-state index >= 15 is 0 Å². The molecule has 6 nitrogen and oxygen atoms in total. The molecular weight excluding hydrogens is 342 g/mol. The maximum absolute atomic E-state index is 12.1. The number of carbonyl (C=O) groups is 2. The van der Waals surface area contributed by atoms with Gasteiger partial charge in [-0.05, 0) is 55.0 Å². The van der Waals surface area contributed by atoms with E-state index in [4.69, 9.17) is 0 Å². The molecule has 7 heteroatoms. The summed E-state index contributed by atoms with van der Waals surface area (Å²) in [5.74, 6) is -1.99. The number of carboxylic acids is 1. The average Bonchev–Trinajstić information content (AvgIpc) is 2.93. The minimum absolute atomic E-state index is 0.198. The Morgan fingerprint density at radius 2 is 1.88 bits per heavy atom. The van der Waals surface area contributed by atoms with Gasteiger partial charge in [0.25, 0.3) is 0 Å². The Hall–Kier alpha value is -2.80. The Kier molecular flexibility index (Phi) is 4.76. The van der Waals surface area contributed by atoms with Crippen LogP contribution in [0.5, 0.6) is 11.5 Å². The molecule has 0 radical (unpaired) electrons. The van der Waals surface area contributed by atoms with E-state index in [-0.39, 0.29) is 17.1 Å². The van der Waals surface area contributed by atoms with Gasteiger partial charge in [-0.15, -0.1) is 11.3 Å². The van der Waals surface area contributed by atoms with E-state index in [0.29, 0.717) is 10.6 Å². The fourth-order valence-electron chi connectivity index (χ4n) is 2.85. The van der Waals surface area contributed by atoms with Crippen molar-refractivity contribution in [2.24, 2.45) is 0 Å². The van der Waals surface area contributed by atoms with Gasteiger partial charge in [0.1, 0.15) is 5.00 Å². The molecule has 1 aliphatic rings. The molecule has 0 unspecified atom stereocenters. The first-order valence-corrected chi connectivity index (χ1v) is 8.66. The number of aryl methyl sites for hydroxylation is 1. The number of carboxylic acid groups (broad SMARTS) is 1. The number of nitrogens with one attached hydrogen (secondary N) is 1. The number of aromatic hydroxyl groups is 2. The molecule has 25 heavy (non-hydrogen) atoms. The van der Waals surface area contributed by atoms with Crippen LogP contribution in [0.1, 0.15) is 39.2 Å². The molecule has 3 rings (SSSR count). The van der Waals surface area contributed by atoms with E-state index in [1.54, 1.807) is 6.07 Å². The second-order valence-electron chi connectivity index (χ2n) is 5.79. The minimum atomic E-state index is -1.03. The second kappa shape index (κ2) is 6.98. The Morgan fingerprint density at radius 1 is 1.12 bits per heavy atom.